The van der Waals surface area contributed by atoms with Crippen LogP contribution in [0, 0.1) is 0 Å². The Morgan fingerprint density at radius 2 is 1.60 bits per heavy atom. The van der Waals surface area contributed by atoms with E-state index in [0.717, 1.165) is 0 Å². The topological polar surface area (TPSA) is 61.8 Å². The molecule has 15 heavy (non-hydrogen) atoms. The van der Waals surface area contributed by atoms with Gasteiger partial charge in [-0.3, -0.25) is 9.13 Å². The van der Waals surface area contributed by atoms with Crippen LogP contribution in [0.1, 0.15) is 27.7 Å². The quantitative estimate of drug-likeness (QED) is 0.624. The van der Waals surface area contributed by atoms with E-state index in [9.17, 15) is 9.13 Å². The van der Waals surface area contributed by atoms with Gasteiger partial charge in [-0.1, -0.05) is 0 Å². The highest BCUT2D eigenvalue weighted by Crippen LogP contribution is 2.64. The first-order valence-electron chi connectivity index (χ1n) is 4.87. The molecule has 0 aliphatic heterocycles. The molecule has 0 saturated carbocycles. The van der Waals surface area contributed by atoms with Crippen LogP contribution < -0.4 is 0 Å². The Morgan fingerprint density at radius 3 is 1.87 bits per heavy atom. The van der Waals surface area contributed by atoms with Gasteiger partial charge in [0, 0.05) is 6.61 Å². The number of rotatable bonds is 8. The summed E-state index contributed by atoms with van der Waals surface area (Å²) in [6.45, 7) is 7.29. The van der Waals surface area contributed by atoms with E-state index < -0.39 is 21.1 Å². The van der Waals surface area contributed by atoms with E-state index >= 15 is 0 Å². The highest BCUT2D eigenvalue weighted by atomic mass is 31.2. The number of ether oxygens (including phenoxy) is 1. The van der Waals surface area contributed by atoms with Crippen LogP contribution in [-0.4, -0.2) is 24.9 Å². The highest BCUT2D eigenvalue weighted by Gasteiger charge is 2.49. The van der Waals surface area contributed by atoms with Gasteiger partial charge >= 0.3 is 7.60 Å². The van der Waals surface area contributed by atoms with Gasteiger partial charge in [-0.15, -0.1) is 0 Å². The minimum Gasteiger partial charge on any atom is -0.352 e. The molecular formula is C8H18O5P2. The van der Waals surface area contributed by atoms with Crippen LogP contribution in [0.5, 0.6) is 0 Å². The van der Waals surface area contributed by atoms with Crippen LogP contribution in [-0.2, 0) is 22.9 Å². The standard InChI is InChI=1S/C8H18O5P2/c1-5-11-8(4,14-9)15(10,12-6-2)13-7-3/h5-7H2,1-4H3. The fourth-order valence-corrected chi connectivity index (χ4v) is 3.49. The molecule has 0 radical (unpaired) electrons. The second kappa shape index (κ2) is 6.72. The van der Waals surface area contributed by atoms with Gasteiger partial charge in [-0.05, 0) is 27.7 Å². The third-order valence-electron chi connectivity index (χ3n) is 1.69. The van der Waals surface area contributed by atoms with E-state index in [4.69, 9.17) is 13.8 Å². The molecule has 0 amide bonds. The first-order valence-corrected chi connectivity index (χ1v) is 7.22. The molecule has 0 N–H and O–H groups in total. The first kappa shape index (κ1) is 15.2. The molecule has 0 aromatic rings. The van der Waals surface area contributed by atoms with Crippen molar-refractivity contribution < 1.29 is 22.9 Å². The smallest absolute Gasteiger partial charge is 0.352 e. The number of hydrogen-bond acceptors (Lipinski definition) is 5. The zero-order valence-electron chi connectivity index (χ0n) is 9.56. The molecule has 0 aromatic heterocycles. The summed E-state index contributed by atoms with van der Waals surface area (Å²) in [6, 6.07) is 0. The molecule has 5 nitrogen and oxygen atoms in total. The fourth-order valence-electron chi connectivity index (χ4n) is 1.05. The van der Waals surface area contributed by atoms with Gasteiger partial charge in [0.1, 0.15) is 0 Å². The summed E-state index contributed by atoms with van der Waals surface area (Å²) >= 11 is 0. The van der Waals surface area contributed by atoms with Crippen molar-refractivity contribution in [2.24, 2.45) is 0 Å². The van der Waals surface area contributed by atoms with Gasteiger partial charge < -0.3 is 13.8 Å². The van der Waals surface area contributed by atoms with Crippen LogP contribution in [0.4, 0.5) is 0 Å². The van der Waals surface area contributed by atoms with E-state index in [1.165, 1.54) is 6.92 Å². The van der Waals surface area contributed by atoms with Crippen LogP contribution in [0.15, 0.2) is 0 Å². The maximum atomic E-state index is 12.3. The molecule has 0 bridgehead atoms. The monoisotopic (exact) mass is 256 g/mol. The van der Waals surface area contributed by atoms with Crippen molar-refractivity contribution in [1.82, 2.24) is 0 Å². The highest BCUT2D eigenvalue weighted by molar-refractivity contribution is 7.64. The maximum absolute atomic E-state index is 12.3. The van der Waals surface area contributed by atoms with E-state index in [-0.39, 0.29) is 19.8 Å². The molecule has 0 aromatic carbocycles. The third-order valence-corrected chi connectivity index (χ3v) is 5.48. The lowest BCUT2D eigenvalue weighted by Crippen LogP contribution is -2.24. The molecule has 0 aliphatic carbocycles. The molecule has 0 heterocycles. The van der Waals surface area contributed by atoms with Crippen molar-refractivity contribution in [2.45, 2.75) is 32.8 Å². The Kier molecular flexibility index (Phi) is 6.81. The largest absolute Gasteiger partial charge is 0.373 e. The van der Waals surface area contributed by atoms with E-state index in [1.807, 2.05) is 0 Å². The van der Waals surface area contributed by atoms with Crippen LogP contribution in [0.25, 0.3) is 0 Å². The Morgan fingerprint density at radius 1 is 1.13 bits per heavy atom. The van der Waals surface area contributed by atoms with E-state index in [2.05, 4.69) is 0 Å². The summed E-state index contributed by atoms with van der Waals surface area (Å²) in [6.07, 6.45) is 0. The molecule has 0 spiro atoms. The predicted octanol–water partition coefficient (Wildman–Crippen LogP) is 3.25. The minimum absolute atomic E-state index is 0.218. The first-order chi connectivity index (χ1) is 6.99. The Labute approximate surface area is 92.2 Å². The molecule has 0 rings (SSSR count). The Hall–Kier alpha value is 0.210. The van der Waals surface area contributed by atoms with Crippen LogP contribution in [0.2, 0.25) is 0 Å². The van der Waals surface area contributed by atoms with E-state index in [1.54, 1.807) is 20.8 Å². The zero-order valence-corrected chi connectivity index (χ0v) is 11.3. The second-order valence-corrected chi connectivity index (χ2v) is 6.54. The summed E-state index contributed by atoms with van der Waals surface area (Å²) in [5.74, 6) is 0. The summed E-state index contributed by atoms with van der Waals surface area (Å²) in [5, 5.41) is -1.42. The average molecular weight is 256 g/mol. The normalized spacial score (nSPS) is 16.5. The van der Waals surface area contributed by atoms with Gasteiger partial charge in [0.2, 0.25) is 13.5 Å². The van der Waals surface area contributed by atoms with Crippen LogP contribution in [0.3, 0.4) is 0 Å². The summed E-state index contributed by atoms with van der Waals surface area (Å²) in [4.78, 5) is 0. The lowest BCUT2D eigenvalue weighted by Gasteiger charge is -2.29. The molecule has 7 heteroatoms. The van der Waals surface area contributed by atoms with Crippen molar-refractivity contribution in [2.75, 3.05) is 19.8 Å². The molecule has 0 saturated heterocycles. The van der Waals surface area contributed by atoms with Crippen molar-refractivity contribution >= 4 is 16.1 Å². The third kappa shape index (κ3) is 3.61. The SMILES string of the molecule is CCOC(C)(P=O)P(=O)(OCC)OCC. The molecule has 1 unspecified atom stereocenters. The van der Waals surface area contributed by atoms with Gasteiger partial charge in [0.15, 0.2) is 0 Å². The van der Waals surface area contributed by atoms with Crippen LogP contribution >= 0.6 is 16.1 Å². The predicted molar refractivity (Wildman–Crippen MR) is 58.5 cm³/mol. The Balaban J connectivity index is 4.99. The van der Waals surface area contributed by atoms with Crippen molar-refractivity contribution in [3.8, 4) is 0 Å². The van der Waals surface area contributed by atoms with Gasteiger partial charge in [0.25, 0.3) is 0 Å². The average Bonchev–Trinajstić information content (AvgIpc) is 2.18. The lowest BCUT2D eigenvalue weighted by atomic mass is 10.8. The summed E-state index contributed by atoms with van der Waals surface area (Å²) in [5.41, 5.74) is 0. The second-order valence-electron chi connectivity index (χ2n) is 2.79. The molecule has 0 aliphatic rings. The summed E-state index contributed by atoms with van der Waals surface area (Å²) < 4.78 is 38.7. The lowest BCUT2D eigenvalue weighted by molar-refractivity contribution is 0.0635. The molecule has 1 atom stereocenters. The molecular weight excluding hydrogens is 238 g/mol. The minimum atomic E-state index is -3.50. The van der Waals surface area contributed by atoms with Gasteiger partial charge in [-0.2, -0.15) is 0 Å². The van der Waals surface area contributed by atoms with Crippen molar-refractivity contribution in [3.05, 3.63) is 0 Å². The van der Waals surface area contributed by atoms with E-state index in [0.29, 0.717) is 0 Å². The van der Waals surface area contributed by atoms with Crippen molar-refractivity contribution in [3.63, 3.8) is 0 Å². The Bertz CT molecular complexity index is 235. The summed E-state index contributed by atoms with van der Waals surface area (Å²) in [7, 11) is -3.91. The van der Waals surface area contributed by atoms with Gasteiger partial charge in [0.05, 0.1) is 13.2 Å². The van der Waals surface area contributed by atoms with Crippen molar-refractivity contribution in [1.29, 1.82) is 0 Å². The fraction of sp³-hybridized carbons (Fsp3) is 1.00. The maximum Gasteiger partial charge on any atom is 0.373 e. The zero-order chi connectivity index (χ0) is 11.9. The molecule has 90 valence electrons. The number of hydrogen-bond donors (Lipinski definition) is 0. The van der Waals surface area contributed by atoms with Gasteiger partial charge in [-0.25, -0.2) is 0 Å². The molecule has 0 fully saturated rings.